The third-order valence-electron chi connectivity index (χ3n) is 17.5. The number of thioether (sulfide) groups is 1. The lowest BCUT2D eigenvalue weighted by molar-refractivity contribution is 0.475. The molecule has 0 radical (unpaired) electrons. The quantitative estimate of drug-likeness (QED) is 0.0392. The zero-order valence-electron chi connectivity index (χ0n) is 58.1. The number of nitrogens with two attached hydrogens (primary N) is 1. The van der Waals surface area contributed by atoms with Crippen LogP contribution in [0.1, 0.15) is 64.0 Å². The van der Waals surface area contributed by atoms with Crippen molar-refractivity contribution in [1.82, 2.24) is 39.9 Å². The first kappa shape index (κ1) is 72.6. The minimum absolute atomic E-state index is 0.00846. The van der Waals surface area contributed by atoms with Gasteiger partial charge in [-0.1, -0.05) is 12.1 Å². The first-order valence-corrected chi connectivity index (χ1v) is 39.0. The number of hydrogen-bond donors (Lipinski definition) is 8. The third kappa shape index (κ3) is 15.3. The Bertz CT molecular complexity index is 5690. The molecule has 0 spiro atoms. The largest absolute Gasteiger partial charge is 0.508 e. The van der Waals surface area contributed by atoms with Crippen LogP contribution in [0, 0.1) is 45.3 Å². The van der Waals surface area contributed by atoms with Crippen LogP contribution in [0.4, 0.5) is 61.5 Å². The van der Waals surface area contributed by atoms with Gasteiger partial charge in [0.2, 0.25) is 33.8 Å². The molecule has 106 heavy (non-hydrogen) atoms. The summed E-state index contributed by atoms with van der Waals surface area (Å²) in [6.07, 6.45) is 16.0. The first-order chi connectivity index (χ1) is 51.1. The predicted molar refractivity (Wildman–Crippen MR) is 420 cm³/mol. The normalized spacial score (nSPS) is 12.2. The first-order valence-electron chi connectivity index (χ1n) is 32.9. The van der Waals surface area contributed by atoms with Gasteiger partial charge in [-0.15, -0.1) is 57.1 Å². The molecule has 4 aliphatic carbocycles. The average Bonchev–Trinajstić information content (AvgIpc) is 1.61. The molecule has 12 aromatic rings. The molecule has 0 aliphatic heterocycles. The Morgan fingerprint density at radius 3 is 1.08 bits per heavy atom. The van der Waals surface area contributed by atoms with E-state index in [1.54, 1.807) is 108 Å². The van der Waals surface area contributed by atoms with Crippen molar-refractivity contribution in [2.75, 3.05) is 84.5 Å². The van der Waals surface area contributed by atoms with Gasteiger partial charge in [-0.2, -0.15) is 21.0 Å². The van der Waals surface area contributed by atoms with Crippen LogP contribution in [-0.2, 0) is 61.4 Å². The van der Waals surface area contributed by atoms with Gasteiger partial charge in [0, 0.05) is 118 Å². The Labute approximate surface area is 631 Å². The maximum absolute atomic E-state index is 11.6. The van der Waals surface area contributed by atoms with Crippen molar-refractivity contribution in [2.45, 2.75) is 60.5 Å². The monoisotopic (exact) mass is 1520 g/mol. The second-order valence-corrected chi connectivity index (χ2v) is 31.8. The summed E-state index contributed by atoms with van der Waals surface area (Å²) < 4.78 is 24.3. The summed E-state index contributed by atoms with van der Waals surface area (Å²) in [6.45, 7) is 0. The fourth-order valence-corrected chi connectivity index (χ4v) is 18.3. The molecule has 4 aliphatic rings. The molecule has 25 nitrogen and oxygen atoms in total. The van der Waals surface area contributed by atoms with Crippen LogP contribution in [0.3, 0.4) is 0 Å². The van der Waals surface area contributed by atoms with Gasteiger partial charge in [0.05, 0.1) is 31.9 Å². The number of nitriles is 4. The standard InChI is InChI=1S/C19H18N6O2S2.2C19H17N5OS.C18H14N4OS2/c1-25(2)18-16-14(15(9-20)28-18)7-6-11-10-22-19(24-17(11)16)23-12-4-3-5-13(8-12)29(21,26)27;1-24(2)18-16-14(15(9-20)26-18)8-3-11-10-21-19(23-17(11)16)22-12-4-6-13(25)7-5-12;1-24(2)18-16-14(15(9-20)26-18)7-6-11-10-21-19(23-17(11)16)22-12-4-3-5-13(25)8-12;1-24-17-15-13(14(8-19)25-17)7-2-10-9-20-18(22-16(10)15)21-11-3-5-12(23)6-4-11/h3-5,8,10H,6-7H2,1-2H3,(H2,21,26,27)(H,22,23,24);4-7,10,25H,3,8H2,1-2H3,(H,21,22,23);3-5,8,10,25H,6-7H2,1-2H3,(H,21,22,23);3-6,9,23H,2,7H2,1H3,(H,20,21,22). The maximum Gasteiger partial charge on any atom is 0.238 e. The molecule has 0 unspecified atom stereocenters. The summed E-state index contributed by atoms with van der Waals surface area (Å²) in [7, 11) is 8.02. The molecule has 0 amide bonds. The minimum atomic E-state index is -3.80. The number of primary sulfonamides is 1. The SMILES string of the molecule is CN(C)c1sc(C#N)c2c1-c1nc(Nc3ccc(O)cc3)ncc1CC2.CN(C)c1sc(C#N)c2c1-c1nc(Nc3cccc(O)c3)ncc1CC2.CN(C)c1sc(C#N)c2c1-c1nc(Nc3cccc(S(N)(=O)=O)c3)ncc1CC2.CSc1sc(C#N)c2c1-c1nc(Nc3ccc(O)cc3)ncc1CC2. The smallest absolute Gasteiger partial charge is 0.238 e. The van der Waals surface area contributed by atoms with Gasteiger partial charge in [-0.05, 0) is 181 Å². The van der Waals surface area contributed by atoms with Crippen molar-refractivity contribution in [2.24, 2.45) is 5.14 Å². The number of nitrogens with zero attached hydrogens (tertiary/aromatic N) is 15. The molecule has 0 atom stereocenters. The predicted octanol–water partition coefficient (Wildman–Crippen LogP) is 14.4. The molecule has 0 saturated carbocycles. The molecular weight excluding hydrogens is 1450 g/mol. The zero-order chi connectivity index (χ0) is 74.7. The molecule has 31 heteroatoms. The van der Waals surface area contributed by atoms with Crippen molar-refractivity contribution < 1.29 is 23.7 Å². The van der Waals surface area contributed by atoms with Crippen LogP contribution in [0.15, 0.2) is 131 Å². The topological polar surface area (TPSA) is 377 Å². The molecule has 532 valence electrons. The van der Waals surface area contributed by atoms with Crippen LogP contribution in [-0.4, -0.2) is 112 Å². The number of aromatic nitrogens is 8. The van der Waals surface area contributed by atoms with Gasteiger partial charge in [0.25, 0.3) is 0 Å². The van der Waals surface area contributed by atoms with E-state index in [9.17, 15) is 44.8 Å². The lowest BCUT2D eigenvalue weighted by Gasteiger charge is -2.20. The van der Waals surface area contributed by atoms with Crippen molar-refractivity contribution in [1.29, 1.82) is 21.0 Å². The number of fused-ring (bicyclic) bond motifs is 12. The highest BCUT2D eigenvalue weighted by molar-refractivity contribution is 8.00. The summed E-state index contributed by atoms with van der Waals surface area (Å²) in [5, 5.41) is 87.1. The Morgan fingerprint density at radius 1 is 0.425 bits per heavy atom. The lowest BCUT2D eigenvalue weighted by Crippen LogP contribution is -2.13. The van der Waals surface area contributed by atoms with Crippen molar-refractivity contribution in [3.63, 3.8) is 0 Å². The van der Waals surface area contributed by atoms with Crippen LogP contribution in [0.2, 0.25) is 0 Å². The highest BCUT2D eigenvalue weighted by atomic mass is 32.2. The molecule has 8 aromatic heterocycles. The molecule has 0 saturated heterocycles. The summed E-state index contributed by atoms with van der Waals surface area (Å²) in [6, 6.07) is 35.8. The van der Waals surface area contributed by atoms with E-state index in [2.05, 4.69) is 65.5 Å². The van der Waals surface area contributed by atoms with Gasteiger partial charge < -0.3 is 51.3 Å². The fourth-order valence-electron chi connectivity index (χ4n) is 12.6. The van der Waals surface area contributed by atoms with Gasteiger partial charge in [-0.3, -0.25) is 0 Å². The van der Waals surface area contributed by atoms with E-state index in [0.29, 0.717) is 34.4 Å². The van der Waals surface area contributed by atoms with E-state index in [-0.39, 0.29) is 22.1 Å². The second kappa shape index (κ2) is 30.9. The highest BCUT2D eigenvalue weighted by Gasteiger charge is 2.33. The lowest BCUT2D eigenvalue weighted by atomic mass is 9.91. The number of aromatic hydroxyl groups is 3. The van der Waals surface area contributed by atoms with E-state index in [4.69, 9.17) is 25.1 Å². The summed E-state index contributed by atoms with van der Waals surface area (Å²) >= 11 is 7.69. The fraction of sp³-hybridized carbons (Fsp3) is 0.200. The second-order valence-electron chi connectivity index (χ2n) is 25.2. The number of nitrogens with one attached hydrogen (secondary N) is 4. The third-order valence-corrected chi connectivity index (χ3v) is 24.6. The van der Waals surface area contributed by atoms with Crippen molar-refractivity contribution >= 4 is 129 Å². The van der Waals surface area contributed by atoms with E-state index in [1.165, 1.54) is 46.1 Å². The number of thiophene rings is 4. The molecule has 8 heterocycles. The Balaban J connectivity index is 0.000000125. The van der Waals surface area contributed by atoms with Crippen LogP contribution in [0.25, 0.3) is 45.0 Å². The highest BCUT2D eigenvalue weighted by Crippen LogP contribution is 2.50. The summed E-state index contributed by atoms with van der Waals surface area (Å²) in [5.74, 6) is 2.43. The number of anilines is 11. The van der Waals surface area contributed by atoms with Crippen molar-refractivity contribution in [3.05, 3.63) is 186 Å². The summed E-state index contributed by atoms with van der Waals surface area (Å²) in [4.78, 5) is 45.6. The van der Waals surface area contributed by atoms with E-state index in [0.717, 1.165) is 192 Å². The molecule has 0 fully saturated rings. The van der Waals surface area contributed by atoms with E-state index >= 15 is 0 Å². The van der Waals surface area contributed by atoms with Gasteiger partial charge in [0.15, 0.2) is 0 Å². The molecule has 16 rings (SSSR count). The average molecular weight is 1520 g/mol. The number of benzene rings is 4. The van der Waals surface area contributed by atoms with Gasteiger partial charge in [0.1, 0.15) is 76.0 Å². The zero-order valence-corrected chi connectivity index (χ0v) is 63.0. The van der Waals surface area contributed by atoms with Gasteiger partial charge >= 0.3 is 0 Å². The number of aryl methyl sites for hydroxylation is 4. The molecule has 9 N–H and O–H groups in total. The Morgan fingerprint density at radius 2 is 0.745 bits per heavy atom. The maximum atomic E-state index is 11.6. The van der Waals surface area contributed by atoms with Crippen LogP contribution in [0.5, 0.6) is 17.2 Å². The number of sulfonamides is 1. The number of phenols is 3. The summed E-state index contributed by atoms with van der Waals surface area (Å²) in [5.41, 5.74) is 19.1. The number of phenolic OH excluding ortho intramolecular Hbond substituents is 3. The molecule has 0 bridgehead atoms. The minimum Gasteiger partial charge on any atom is -0.508 e. The molecular formula is C75H66N20O5S6. The van der Waals surface area contributed by atoms with E-state index in [1.807, 2.05) is 87.9 Å². The molecule has 4 aromatic carbocycles. The van der Waals surface area contributed by atoms with Gasteiger partial charge in [-0.25, -0.2) is 53.4 Å². The van der Waals surface area contributed by atoms with Crippen LogP contribution >= 0.6 is 57.1 Å². The number of hydrogen-bond acceptors (Lipinski definition) is 29. The van der Waals surface area contributed by atoms with Crippen molar-refractivity contribution in [3.8, 4) is 86.6 Å². The van der Waals surface area contributed by atoms with Crippen LogP contribution < -0.4 is 41.1 Å². The van der Waals surface area contributed by atoms with E-state index < -0.39 is 10.0 Å². The Kier molecular flexibility index (Phi) is 21.1. The number of rotatable bonds is 13. The Hall–Kier alpha value is -11.8.